The highest BCUT2D eigenvalue weighted by molar-refractivity contribution is 7.13. The Kier molecular flexibility index (Phi) is 6.40. The van der Waals surface area contributed by atoms with Gasteiger partial charge in [-0.15, -0.1) is 11.3 Å². The van der Waals surface area contributed by atoms with E-state index in [2.05, 4.69) is 4.98 Å². The summed E-state index contributed by atoms with van der Waals surface area (Å²) in [5.41, 5.74) is 1.00. The van der Waals surface area contributed by atoms with Gasteiger partial charge in [-0.25, -0.2) is 4.98 Å². The molecule has 29 heavy (non-hydrogen) atoms. The van der Waals surface area contributed by atoms with Crippen molar-refractivity contribution in [2.24, 2.45) is 0 Å². The second-order valence-corrected chi connectivity index (χ2v) is 6.67. The van der Waals surface area contributed by atoms with Gasteiger partial charge in [0.15, 0.2) is 0 Å². The van der Waals surface area contributed by atoms with Gasteiger partial charge in [0.05, 0.1) is 42.4 Å². The standard InChI is InChI=1S/C20H18N2O6S/c1-3-27-17-7-5-4-6-15(17)20-21-13(12-29-20)10-19(23)28-18-9-8-14(26-2)11-16(18)22(24)25/h4-9,11-12H,3,10H2,1-2H3. The number of rotatable bonds is 8. The first-order chi connectivity index (χ1) is 14.0. The van der Waals surface area contributed by atoms with Crippen molar-refractivity contribution < 1.29 is 23.9 Å². The number of carbonyl (C=O) groups excluding carboxylic acids is 1. The molecule has 8 nitrogen and oxygen atoms in total. The highest BCUT2D eigenvalue weighted by atomic mass is 32.1. The van der Waals surface area contributed by atoms with E-state index in [4.69, 9.17) is 14.2 Å². The van der Waals surface area contributed by atoms with Gasteiger partial charge in [-0.1, -0.05) is 12.1 Å². The topological polar surface area (TPSA) is 101 Å². The molecule has 2 aromatic carbocycles. The number of hydrogen-bond donors (Lipinski definition) is 0. The van der Waals surface area contributed by atoms with Crippen molar-refractivity contribution in [3.63, 3.8) is 0 Å². The number of carbonyl (C=O) groups is 1. The lowest BCUT2D eigenvalue weighted by Gasteiger charge is -2.07. The summed E-state index contributed by atoms with van der Waals surface area (Å²) < 4.78 is 15.8. The molecule has 0 aliphatic rings. The molecule has 0 aliphatic carbocycles. The van der Waals surface area contributed by atoms with E-state index in [1.807, 2.05) is 31.2 Å². The van der Waals surface area contributed by atoms with E-state index in [0.29, 0.717) is 28.8 Å². The minimum absolute atomic E-state index is 0.115. The van der Waals surface area contributed by atoms with Crippen molar-refractivity contribution in [2.45, 2.75) is 13.3 Å². The number of nitro benzene ring substituents is 1. The Morgan fingerprint density at radius 3 is 2.72 bits per heavy atom. The van der Waals surface area contributed by atoms with Crippen molar-refractivity contribution in [3.8, 4) is 27.8 Å². The van der Waals surface area contributed by atoms with E-state index < -0.39 is 10.9 Å². The SMILES string of the molecule is CCOc1ccccc1-c1nc(CC(=O)Oc2ccc(OC)cc2[N+](=O)[O-])cs1. The molecule has 1 heterocycles. The van der Waals surface area contributed by atoms with Crippen LogP contribution in [-0.2, 0) is 11.2 Å². The third kappa shape index (κ3) is 4.88. The molecule has 0 fully saturated rings. The van der Waals surface area contributed by atoms with Gasteiger partial charge >= 0.3 is 11.7 Å². The number of esters is 1. The molecule has 3 aromatic rings. The number of benzene rings is 2. The summed E-state index contributed by atoms with van der Waals surface area (Å²) in [6.07, 6.45) is -0.115. The Hall–Kier alpha value is -3.46. The molecule has 0 bridgehead atoms. The van der Waals surface area contributed by atoms with Crippen molar-refractivity contribution in [3.05, 3.63) is 63.7 Å². The molecule has 0 spiro atoms. The number of nitrogens with zero attached hydrogens (tertiary/aromatic N) is 2. The van der Waals surface area contributed by atoms with Crippen LogP contribution in [0.2, 0.25) is 0 Å². The molecule has 0 saturated carbocycles. The summed E-state index contributed by atoms with van der Waals surface area (Å²) in [6, 6.07) is 11.5. The number of nitro groups is 1. The molecule has 0 amide bonds. The van der Waals surface area contributed by atoms with Crippen molar-refractivity contribution in [1.82, 2.24) is 4.98 Å². The molecule has 3 rings (SSSR count). The van der Waals surface area contributed by atoms with E-state index in [0.717, 1.165) is 5.56 Å². The van der Waals surface area contributed by atoms with E-state index in [-0.39, 0.29) is 17.9 Å². The summed E-state index contributed by atoms with van der Waals surface area (Å²) in [4.78, 5) is 27.3. The van der Waals surface area contributed by atoms with Crippen LogP contribution in [0.25, 0.3) is 10.6 Å². The fourth-order valence-electron chi connectivity index (χ4n) is 2.60. The molecule has 0 saturated heterocycles. The first kappa shape index (κ1) is 20.3. The summed E-state index contributed by atoms with van der Waals surface area (Å²) in [6.45, 7) is 2.43. The molecular formula is C20H18N2O6S. The largest absolute Gasteiger partial charge is 0.496 e. The second-order valence-electron chi connectivity index (χ2n) is 5.81. The van der Waals surface area contributed by atoms with Crippen LogP contribution in [0.5, 0.6) is 17.2 Å². The van der Waals surface area contributed by atoms with Crippen LogP contribution in [0.1, 0.15) is 12.6 Å². The van der Waals surface area contributed by atoms with E-state index in [9.17, 15) is 14.9 Å². The molecule has 150 valence electrons. The van der Waals surface area contributed by atoms with Crippen LogP contribution >= 0.6 is 11.3 Å². The second kappa shape index (κ2) is 9.16. The quantitative estimate of drug-likeness (QED) is 0.235. The predicted molar refractivity (Wildman–Crippen MR) is 108 cm³/mol. The van der Waals surface area contributed by atoms with Crippen molar-refractivity contribution in [2.75, 3.05) is 13.7 Å². The normalized spacial score (nSPS) is 10.4. The summed E-state index contributed by atoms with van der Waals surface area (Å²) in [5.74, 6) is 0.229. The van der Waals surface area contributed by atoms with Gasteiger partial charge in [0.2, 0.25) is 5.75 Å². The average Bonchev–Trinajstić information content (AvgIpc) is 3.17. The van der Waals surface area contributed by atoms with Crippen LogP contribution in [0.15, 0.2) is 47.8 Å². The fourth-order valence-corrected chi connectivity index (χ4v) is 3.45. The average molecular weight is 414 g/mol. The number of methoxy groups -OCH3 is 1. The summed E-state index contributed by atoms with van der Waals surface area (Å²) >= 11 is 1.38. The van der Waals surface area contributed by atoms with Gasteiger partial charge in [-0.05, 0) is 31.2 Å². The van der Waals surface area contributed by atoms with Crippen LogP contribution < -0.4 is 14.2 Å². The van der Waals surface area contributed by atoms with Crippen LogP contribution in [0.4, 0.5) is 5.69 Å². The Balaban J connectivity index is 1.74. The molecule has 0 radical (unpaired) electrons. The zero-order valence-electron chi connectivity index (χ0n) is 15.8. The lowest BCUT2D eigenvalue weighted by molar-refractivity contribution is -0.385. The number of thiazole rings is 1. The third-order valence-electron chi connectivity index (χ3n) is 3.88. The molecule has 0 atom stereocenters. The van der Waals surface area contributed by atoms with Gasteiger partial charge in [0, 0.05) is 5.38 Å². The van der Waals surface area contributed by atoms with Gasteiger partial charge in [-0.2, -0.15) is 0 Å². The molecular weight excluding hydrogens is 396 g/mol. The Morgan fingerprint density at radius 2 is 2.00 bits per heavy atom. The van der Waals surface area contributed by atoms with Crippen LogP contribution in [0, 0.1) is 10.1 Å². The van der Waals surface area contributed by atoms with E-state index in [1.165, 1.54) is 36.6 Å². The van der Waals surface area contributed by atoms with E-state index in [1.54, 1.807) is 5.38 Å². The van der Waals surface area contributed by atoms with Crippen LogP contribution in [-0.4, -0.2) is 29.6 Å². The zero-order chi connectivity index (χ0) is 20.8. The number of aromatic nitrogens is 1. The number of para-hydroxylation sites is 1. The Bertz CT molecular complexity index is 1030. The number of hydrogen-bond acceptors (Lipinski definition) is 8. The van der Waals surface area contributed by atoms with Gasteiger partial charge in [-0.3, -0.25) is 14.9 Å². The molecule has 0 N–H and O–H groups in total. The lowest BCUT2D eigenvalue weighted by Crippen LogP contribution is -2.12. The minimum atomic E-state index is -0.645. The first-order valence-electron chi connectivity index (χ1n) is 8.71. The maximum atomic E-state index is 12.3. The summed E-state index contributed by atoms with van der Waals surface area (Å²) in [5, 5.41) is 13.7. The zero-order valence-corrected chi connectivity index (χ0v) is 16.6. The maximum Gasteiger partial charge on any atom is 0.317 e. The van der Waals surface area contributed by atoms with Gasteiger partial charge < -0.3 is 14.2 Å². The Morgan fingerprint density at radius 1 is 1.21 bits per heavy atom. The monoisotopic (exact) mass is 414 g/mol. The van der Waals surface area contributed by atoms with Crippen molar-refractivity contribution >= 4 is 23.0 Å². The lowest BCUT2D eigenvalue weighted by atomic mass is 10.2. The maximum absolute atomic E-state index is 12.3. The van der Waals surface area contributed by atoms with Gasteiger partial charge in [0.1, 0.15) is 16.5 Å². The molecule has 0 unspecified atom stereocenters. The van der Waals surface area contributed by atoms with E-state index >= 15 is 0 Å². The minimum Gasteiger partial charge on any atom is -0.496 e. The van der Waals surface area contributed by atoms with Gasteiger partial charge in [0.25, 0.3) is 0 Å². The highest BCUT2D eigenvalue weighted by Gasteiger charge is 2.20. The Labute approximate surface area is 170 Å². The molecule has 1 aromatic heterocycles. The first-order valence-corrected chi connectivity index (χ1v) is 9.59. The highest BCUT2D eigenvalue weighted by Crippen LogP contribution is 2.33. The third-order valence-corrected chi connectivity index (χ3v) is 4.81. The fraction of sp³-hybridized carbons (Fsp3) is 0.200. The van der Waals surface area contributed by atoms with Crippen LogP contribution in [0.3, 0.4) is 0 Å². The van der Waals surface area contributed by atoms with Crippen molar-refractivity contribution in [1.29, 1.82) is 0 Å². The molecule has 9 heteroatoms. The summed E-state index contributed by atoms with van der Waals surface area (Å²) in [7, 11) is 1.40. The molecule has 0 aliphatic heterocycles. The number of ether oxygens (including phenoxy) is 3. The smallest absolute Gasteiger partial charge is 0.317 e. The predicted octanol–water partition coefficient (Wildman–Crippen LogP) is 4.27.